The molecule has 2 aromatic carbocycles. The zero-order chi connectivity index (χ0) is 17.2. The van der Waals surface area contributed by atoms with Crippen LogP contribution in [0.3, 0.4) is 0 Å². The van der Waals surface area contributed by atoms with Crippen molar-refractivity contribution in [3.63, 3.8) is 0 Å². The Hall–Kier alpha value is -2.95. The lowest BCUT2D eigenvalue weighted by Gasteiger charge is -2.03. The van der Waals surface area contributed by atoms with Crippen LogP contribution in [0.1, 0.15) is 23.8 Å². The number of aromatic nitrogens is 1. The van der Waals surface area contributed by atoms with Gasteiger partial charge in [0.25, 0.3) is 0 Å². The molecule has 0 spiro atoms. The third-order valence-corrected chi connectivity index (χ3v) is 4.45. The molecule has 1 heterocycles. The number of nitrogens with zero attached hydrogens (tertiary/aromatic N) is 1. The minimum atomic E-state index is -0.261. The second-order valence-corrected chi connectivity index (χ2v) is 6.20. The van der Waals surface area contributed by atoms with Gasteiger partial charge in [-0.25, -0.2) is 9.37 Å². The fourth-order valence-corrected chi connectivity index (χ4v) is 2.98. The van der Waals surface area contributed by atoms with Crippen molar-refractivity contribution in [2.24, 2.45) is 5.92 Å². The van der Waals surface area contributed by atoms with Crippen LogP contribution in [0.25, 0.3) is 11.3 Å². The number of rotatable bonds is 5. The van der Waals surface area contributed by atoms with Gasteiger partial charge < -0.3 is 9.73 Å². The first kappa shape index (κ1) is 15.6. The average molecular weight is 336 g/mol. The molecular formula is C20H17FN2O2. The summed E-state index contributed by atoms with van der Waals surface area (Å²) in [7, 11) is 0. The number of halogens is 1. The van der Waals surface area contributed by atoms with E-state index in [4.69, 9.17) is 4.42 Å². The molecule has 2 unspecified atom stereocenters. The van der Waals surface area contributed by atoms with Crippen LogP contribution >= 0.6 is 0 Å². The Morgan fingerprint density at radius 3 is 2.68 bits per heavy atom. The van der Waals surface area contributed by atoms with Crippen LogP contribution in [0.15, 0.2) is 65.2 Å². The minimum absolute atomic E-state index is 0.0196. The highest BCUT2D eigenvalue weighted by molar-refractivity contribution is 5.82. The maximum atomic E-state index is 13.0. The Kier molecular flexibility index (Phi) is 4.06. The smallest absolute Gasteiger partial charge is 0.224 e. The van der Waals surface area contributed by atoms with E-state index >= 15 is 0 Å². The number of carbonyl (C=O) groups excluding carboxylic acids is 1. The lowest BCUT2D eigenvalue weighted by atomic mass is 10.1. The van der Waals surface area contributed by atoms with Crippen LogP contribution in [-0.2, 0) is 11.3 Å². The van der Waals surface area contributed by atoms with E-state index in [0.717, 1.165) is 17.5 Å². The SMILES string of the molecule is O=C(NCc1ncc(-c2ccccc2)o1)C1CC1c1ccc(F)cc1. The van der Waals surface area contributed by atoms with Gasteiger partial charge >= 0.3 is 0 Å². The van der Waals surface area contributed by atoms with Gasteiger partial charge in [0.2, 0.25) is 11.8 Å². The van der Waals surface area contributed by atoms with Crippen molar-refractivity contribution in [3.8, 4) is 11.3 Å². The van der Waals surface area contributed by atoms with Crippen molar-refractivity contribution in [1.82, 2.24) is 10.3 Å². The number of oxazole rings is 1. The molecule has 1 fully saturated rings. The quantitative estimate of drug-likeness (QED) is 0.769. The summed E-state index contributed by atoms with van der Waals surface area (Å²) in [6.07, 6.45) is 2.45. The predicted octanol–water partition coefficient (Wildman–Crippen LogP) is 3.90. The normalized spacial score (nSPS) is 18.8. The molecule has 4 rings (SSSR count). The fourth-order valence-electron chi connectivity index (χ4n) is 2.98. The van der Waals surface area contributed by atoms with Crippen LogP contribution in [0.5, 0.6) is 0 Å². The zero-order valence-electron chi connectivity index (χ0n) is 13.5. The summed E-state index contributed by atoms with van der Waals surface area (Å²) in [5.74, 6) is 0.989. The number of benzene rings is 2. The summed E-state index contributed by atoms with van der Waals surface area (Å²) in [5, 5.41) is 2.87. The van der Waals surface area contributed by atoms with E-state index in [-0.39, 0.29) is 30.1 Å². The predicted molar refractivity (Wildman–Crippen MR) is 91.0 cm³/mol. The summed E-state index contributed by atoms with van der Waals surface area (Å²) in [5.41, 5.74) is 1.95. The lowest BCUT2D eigenvalue weighted by Crippen LogP contribution is -2.25. The fraction of sp³-hybridized carbons (Fsp3) is 0.200. The number of hydrogen-bond donors (Lipinski definition) is 1. The van der Waals surface area contributed by atoms with Gasteiger partial charge in [-0.15, -0.1) is 0 Å². The van der Waals surface area contributed by atoms with Gasteiger partial charge in [-0.05, 0) is 30.0 Å². The maximum absolute atomic E-state index is 13.0. The summed E-state index contributed by atoms with van der Waals surface area (Å²) in [6.45, 7) is 0.262. The lowest BCUT2D eigenvalue weighted by molar-refractivity contribution is -0.122. The first-order valence-electron chi connectivity index (χ1n) is 8.24. The highest BCUT2D eigenvalue weighted by atomic mass is 19.1. The van der Waals surface area contributed by atoms with Gasteiger partial charge in [0, 0.05) is 11.5 Å². The van der Waals surface area contributed by atoms with Gasteiger partial charge in [-0.3, -0.25) is 4.79 Å². The molecular weight excluding hydrogens is 319 g/mol. The van der Waals surface area contributed by atoms with Crippen molar-refractivity contribution < 1.29 is 13.6 Å². The van der Waals surface area contributed by atoms with Crippen molar-refractivity contribution in [1.29, 1.82) is 0 Å². The molecule has 1 amide bonds. The Morgan fingerprint density at radius 2 is 1.92 bits per heavy atom. The molecule has 0 saturated heterocycles. The highest BCUT2D eigenvalue weighted by Gasteiger charge is 2.43. The summed E-state index contributed by atoms with van der Waals surface area (Å²) < 4.78 is 18.6. The number of amides is 1. The second kappa shape index (κ2) is 6.51. The summed E-state index contributed by atoms with van der Waals surface area (Å²) in [6, 6.07) is 16.0. The molecule has 0 aliphatic heterocycles. The number of nitrogens with one attached hydrogen (secondary N) is 1. The van der Waals surface area contributed by atoms with E-state index in [0.29, 0.717) is 11.7 Å². The third kappa shape index (κ3) is 3.45. The Morgan fingerprint density at radius 1 is 1.16 bits per heavy atom. The van der Waals surface area contributed by atoms with Crippen molar-refractivity contribution in [3.05, 3.63) is 78.1 Å². The second-order valence-electron chi connectivity index (χ2n) is 6.20. The molecule has 126 valence electrons. The topological polar surface area (TPSA) is 55.1 Å². The van der Waals surface area contributed by atoms with Crippen LogP contribution in [0, 0.1) is 11.7 Å². The standard InChI is InChI=1S/C20H17FN2O2/c21-15-8-6-13(7-9-15)16-10-17(16)20(24)23-12-19-22-11-18(25-19)14-4-2-1-3-5-14/h1-9,11,16-17H,10,12H2,(H,23,24). The van der Waals surface area contributed by atoms with Gasteiger partial charge in [0.05, 0.1) is 12.7 Å². The molecule has 1 aromatic heterocycles. The van der Waals surface area contributed by atoms with Crippen LogP contribution in [0.4, 0.5) is 4.39 Å². The van der Waals surface area contributed by atoms with Gasteiger partial charge in [-0.1, -0.05) is 42.5 Å². The highest BCUT2D eigenvalue weighted by Crippen LogP contribution is 2.47. The third-order valence-electron chi connectivity index (χ3n) is 4.45. The van der Waals surface area contributed by atoms with Gasteiger partial charge in [-0.2, -0.15) is 0 Å². The van der Waals surface area contributed by atoms with E-state index < -0.39 is 0 Å². The average Bonchev–Trinajstić information content (AvgIpc) is 3.31. The summed E-state index contributed by atoms with van der Waals surface area (Å²) in [4.78, 5) is 16.5. The van der Waals surface area contributed by atoms with Crippen LogP contribution in [-0.4, -0.2) is 10.9 Å². The number of carbonyl (C=O) groups is 1. The molecule has 25 heavy (non-hydrogen) atoms. The van der Waals surface area contributed by atoms with Gasteiger partial charge in [0.15, 0.2) is 5.76 Å². The van der Waals surface area contributed by atoms with Crippen molar-refractivity contribution in [2.75, 3.05) is 0 Å². The van der Waals surface area contributed by atoms with Crippen LogP contribution in [0.2, 0.25) is 0 Å². The van der Waals surface area contributed by atoms with E-state index in [9.17, 15) is 9.18 Å². The molecule has 1 aliphatic carbocycles. The molecule has 4 nitrogen and oxygen atoms in total. The minimum Gasteiger partial charge on any atom is -0.439 e. The van der Waals surface area contributed by atoms with Crippen LogP contribution < -0.4 is 5.32 Å². The Bertz CT molecular complexity index is 874. The molecule has 3 aromatic rings. The molecule has 1 aliphatic rings. The molecule has 5 heteroatoms. The largest absolute Gasteiger partial charge is 0.439 e. The summed E-state index contributed by atoms with van der Waals surface area (Å²) >= 11 is 0. The van der Waals surface area contributed by atoms with Crippen molar-refractivity contribution >= 4 is 5.91 Å². The number of hydrogen-bond acceptors (Lipinski definition) is 3. The zero-order valence-corrected chi connectivity index (χ0v) is 13.5. The van der Waals surface area contributed by atoms with E-state index in [1.54, 1.807) is 18.3 Å². The van der Waals surface area contributed by atoms with E-state index in [2.05, 4.69) is 10.3 Å². The Balaban J connectivity index is 1.33. The van der Waals surface area contributed by atoms with E-state index in [1.807, 2.05) is 30.3 Å². The molecule has 2 atom stereocenters. The molecule has 1 saturated carbocycles. The molecule has 0 bridgehead atoms. The van der Waals surface area contributed by atoms with E-state index in [1.165, 1.54) is 12.1 Å². The van der Waals surface area contributed by atoms with Gasteiger partial charge in [0.1, 0.15) is 5.82 Å². The monoisotopic (exact) mass is 336 g/mol. The van der Waals surface area contributed by atoms with Crippen molar-refractivity contribution in [2.45, 2.75) is 18.9 Å². The first-order valence-corrected chi connectivity index (χ1v) is 8.24. The molecule has 0 radical (unpaired) electrons. The molecule has 1 N–H and O–H groups in total. The maximum Gasteiger partial charge on any atom is 0.224 e. The first-order chi connectivity index (χ1) is 12.2. The Labute approximate surface area is 144 Å².